The van der Waals surface area contributed by atoms with Gasteiger partial charge < -0.3 is 5.32 Å². The normalized spacial score (nSPS) is 15.6. The van der Waals surface area contributed by atoms with Gasteiger partial charge in [0.2, 0.25) is 5.91 Å². The number of halogens is 1. The molecular weight excluding hydrogens is 334 g/mol. The minimum atomic E-state index is -0.399. The summed E-state index contributed by atoms with van der Waals surface area (Å²) in [5.74, 6) is -0.289. The summed E-state index contributed by atoms with van der Waals surface area (Å²) in [5, 5.41) is 5.13. The Labute approximate surface area is 133 Å². The fourth-order valence-corrected chi connectivity index (χ4v) is 2.31. The lowest BCUT2D eigenvalue weighted by Gasteiger charge is -2.24. The van der Waals surface area contributed by atoms with Gasteiger partial charge in [0.05, 0.1) is 6.04 Å². The van der Waals surface area contributed by atoms with Crippen LogP contribution in [0.4, 0.5) is 4.79 Å². The smallest absolute Gasteiger partial charge is 0.321 e. The zero-order valence-electron chi connectivity index (χ0n) is 12.2. The molecule has 0 heterocycles. The van der Waals surface area contributed by atoms with Crippen molar-refractivity contribution in [3.05, 3.63) is 34.3 Å². The maximum absolute atomic E-state index is 12.0. The van der Waals surface area contributed by atoms with E-state index in [1.165, 1.54) is 0 Å². The molecule has 1 aliphatic rings. The van der Waals surface area contributed by atoms with Crippen molar-refractivity contribution in [1.29, 1.82) is 0 Å². The highest BCUT2D eigenvalue weighted by molar-refractivity contribution is 9.10. The maximum Gasteiger partial charge on any atom is 0.321 e. The molecule has 114 valence electrons. The molecule has 0 bridgehead atoms. The molecule has 1 aromatic carbocycles. The molecule has 0 saturated heterocycles. The van der Waals surface area contributed by atoms with Crippen LogP contribution in [0.2, 0.25) is 0 Å². The Kier molecular flexibility index (Phi) is 5.36. The second-order valence-electron chi connectivity index (χ2n) is 5.42. The van der Waals surface area contributed by atoms with Gasteiger partial charge in [-0.05, 0) is 38.4 Å². The lowest BCUT2D eigenvalue weighted by Crippen LogP contribution is -2.48. The maximum atomic E-state index is 12.0. The fraction of sp³-hybridized carbons (Fsp3) is 0.467. The predicted octanol–water partition coefficient (Wildman–Crippen LogP) is 2.26. The van der Waals surface area contributed by atoms with E-state index in [1.807, 2.05) is 36.2 Å². The van der Waals surface area contributed by atoms with Gasteiger partial charge in [0.15, 0.2) is 0 Å². The van der Waals surface area contributed by atoms with E-state index in [4.69, 9.17) is 0 Å². The first-order chi connectivity index (χ1) is 9.97. The van der Waals surface area contributed by atoms with Crippen LogP contribution in [0, 0.1) is 0 Å². The summed E-state index contributed by atoms with van der Waals surface area (Å²) in [6.45, 7) is 2.41. The third-order valence-corrected chi connectivity index (χ3v) is 4.34. The van der Waals surface area contributed by atoms with E-state index in [0.29, 0.717) is 6.54 Å². The van der Waals surface area contributed by atoms with Crippen LogP contribution in [0.3, 0.4) is 0 Å². The van der Waals surface area contributed by atoms with Crippen LogP contribution in [0.1, 0.15) is 25.3 Å². The SMILES string of the molecule is CC(C(=O)NC(=O)NC1CC1)N(C)Cc1ccccc1Br. The average Bonchev–Trinajstić information content (AvgIpc) is 3.24. The molecule has 1 unspecified atom stereocenters. The molecule has 21 heavy (non-hydrogen) atoms. The van der Waals surface area contributed by atoms with Crippen molar-refractivity contribution in [2.75, 3.05) is 7.05 Å². The molecule has 3 amide bonds. The summed E-state index contributed by atoms with van der Waals surface area (Å²) in [6.07, 6.45) is 2.00. The van der Waals surface area contributed by atoms with Crippen molar-refractivity contribution < 1.29 is 9.59 Å². The molecule has 1 aliphatic carbocycles. The molecule has 2 N–H and O–H groups in total. The predicted molar refractivity (Wildman–Crippen MR) is 84.8 cm³/mol. The Morgan fingerprint density at radius 2 is 2.05 bits per heavy atom. The molecule has 0 radical (unpaired) electrons. The summed E-state index contributed by atoms with van der Waals surface area (Å²) >= 11 is 3.49. The molecule has 0 aliphatic heterocycles. The summed E-state index contributed by atoms with van der Waals surface area (Å²) in [7, 11) is 1.86. The number of nitrogens with one attached hydrogen (secondary N) is 2. The highest BCUT2D eigenvalue weighted by Gasteiger charge is 2.26. The number of imide groups is 1. The largest absolute Gasteiger partial charge is 0.335 e. The Morgan fingerprint density at radius 3 is 2.67 bits per heavy atom. The average molecular weight is 354 g/mol. The van der Waals surface area contributed by atoms with Crippen LogP contribution in [-0.2, 0) is 11.3 Å². The molecule has 2 rings (SSSR count). The van der Waals surface area contributed by atoms with Crippen molar-refractivity contribution >= 4 is 27.9 Å². The van der Waals surface area contributed by atoms with E-state index >= 15 is 0 Å². The number of likely N-dealkylation sites (N-methyl/N-ethyl adjacent to an activating group) is 1. The van der Waals surface area contributed by atoms with E-state index in [0.717, 1.165) is 22.9 Å². The van der Waals surface area contributed by atoms with Crippen molar-refractivity contribution in [3.8, 4) is 0 Å². The second kappa shape index (κ2) is 7.04. The van der Waals surface area contributed by atoms with Gasteiger partial charge in [-0.25, -0.2) is 4.79 Å². The van der Waals surface area contributed by atoms with Gasteiger partial charge in [-0.3, -0.25) is 15.0 Å². The van der Waals surface area contributed by atoms with Crippen LogP contribution < -0.4 is 10.6 Å². The van der Waals surface area contributed by atoms with Gasteiger partial charge >= 0.3 is 6.03 Å². The molecular formula is C15H20BrN3O2. The van der Waals surface area contributed by atoms with E-state index in [9.17, 15) is 9.59 Å². The summed E-state index contributed by atoms with van der Waals surface area (Å²) < 4.78 is 1.01. The van der Waals surface area contributed by atoms with Crippen LogP contribution in [0.5, 0.6) is 0 Å². The van der Waals surface area contributed by atoms with E-state index in [-0.39, 0.29) is 18.0 Å². The lowest BCUT2D eigenvalue weighted by atomic mass is 10.2. The number of hydrogen-bond acceptors (Lipinski definition) is 3. The van der Waals surface area contributed by atoms with Crippen molar-refractivity contribution in [1.82, 2.24) is 15.5 Å². The zero-order chi connectivity index (χ0) is 15.4. The molecule has 0 aromatic heterocycles. The van der Waals surface area contributed by atoms with Crippen LogP contribution in [0.25, 0.3) is 0 Å². The van der Waals surface area contributed by atoms with Gasteiger partial charge in [-0.2, -0.15) is 0 Å². The summed E-state index contributed by atoms with van der Waals surface area (Å²) in [4.78, 5) is 25.5. The van der Waals surface area contributed by atoms with Crippen LogP contribution >= 0.6 is 15.9 Å². The minimum absolute atomic E-state index is 0.242. The zero-order valence-corrected chi connectivity index (χ0v) is 13.8. The molecule has 1 atom stereocenters. The fourth-order valence-electron chi connectivity index (χ4n) is 1.90. The number of carbonyl (C=O) groups excluding carboxylic acids is 2. The van der Waals surface area contributed by atoms with E-state index in [2.05, 4.69) is 26.6 Å². The highest BCUT2D eigenvalue weighted by atomic mass is 79.9. The van der Waals surface area contributed by atoms with Gasteiger partial charge in [-0.1, -0.05) is 34.1 Å². The third kappa shape index (κ3) is 4.82. The van der Waals surface area contributed by atoms with Gasteiger partial charge in [-0.15, -0.1) is 0 Å². The number of amides is 3. The second-order valence-corrected chi connectivity index (χ2v) is 6.27. The van der Waals surface area contributed by atoms with Crippen molar-refractivity contribution in [3.63, 3.8) is 0 Å². The number of carbonyl (C=O) groups is 2. The Morgan fingerprint density at radius 1 is 1.38 bits per heavy atom. The van der Waals surface area contributed by atoms with Crippen molar-refractivity contribution in [2.24, 2.45) is 0 Å². The number of rotatable bonds is 5. The monoisotopic (exact) mass is 353 g/mol. The van der Waals surface area contributed by atoms with Crippen LogP contribution in [-0.4, -0.2) is 36.0 Å². The standard InChI is InChI=1S/C15H20BrN3O2/c1-10(14(20)18-15(21)17-12-7-8-12)19(2)9-11-5-3-4-6-13(11)16/h3-6,10,12H,7-9H2,1-2H3,(H2,17,18,20,21). The summed E-state index contributed by atoms with van der Waals surface area (Å²) in [6, 6.07) is 7.34. The first kappa shape index (κ1) is 16.0. The molecule has 0 spiro atoms. The Balaban J connectivity index is 1.85. The van der Waals surface area contributed by atoms with Crippen molar-refractivity contribution in [2.45, 2.75) is 38.4 Å². The van der Waals surface area contributed by atoms with Gasteiger partial charge in [0.25, 0.3) is 0 Å². The first-order valence-corrected chi connectivity index (χ1v) is 7.81. The van der Waals surface area contributed by atoms with Gasteiger partial charge in [0, 0.05) is 17.1 Å². The Bertz CT molecular complexity index is 531. The minimum Gasteiger partial charge on any atom is -0.335 e. The molecule has 1 saturated carbocycles. The van der Waals surface area contributed by atoms with Crippen LogP contribution in [0.15, 0.2) is 28.7 Å². The highest BCUT2D eigenvalue weighted by Crippen LogP contribution is 2.19. The first-order valence-electron chi connectivity index (χ1n) is 7.02. The van der Waals surface area contributed by atoms with E-state index < -0.39 is 6.03 Å². The quantitative estimate of drug-likeness (QED) is 0.853. The number of benzene rings is 1. The molecule has 5 nitrogen and oxygen atoms in total. The molecule has 1 fully saturated rings. The number of nitrogens with zero attached hydrogens (tertiary/aromatic N) is 1. The molecule has 1 aromatic rings. The number of hydrogen-bond donors (Lipinski definition) is 2. The van der Waals surface area contributed by atoms with E-state index in [1.54, 1.807) is 6.92 Å². The summed E-state index contributed by atoms with van der Waals surface area (Å²) in [5.41, 5.74) is 1.10. The third-order valence-electron chi connectivity index (χ3n) is 3.57. The molecule has 6 heteroatoms. The Hall–Kier alpha value is -1.40. The topological polar surface area (TPSA) is 61.4 Å². The number of urea groups is 1. The lowest BCUT2D eigenvalue weighted by molar-refractivity contribution is -0.124. The van der Waals surface area contributed by atoms with Gasteiger partial charge in [0.1, 0.15) is 0 Å².